The molecule has 0 amide bonds. The molecular weight excluding hydrogens is 368 g/mol. The number of carbonyl (C=O) groups excluding carboxylic acids is 1. The van der Waals surface area contributed by atoms with E-state index in [1.54, 1.807) is 0 Å². The van der Waals surface area contributed by atoms with Crippen molar-refractivity contribution in [2.45, 2.75) is 118 Å². The second-order valence-electron chi connectivity index (χ2n) is 12.8. The number of ether oxygens (including phenoxy) is 1. The topological polar surface area (TPSA) is 26.3 Å². The van der Waals surface area contributed by atoms with E-state index in [2.05, 4.69) is 34.6 Å². The second kappa shape index (κ2) is 8.78. The Morgan fingerprint density at radius 3 is 2.37 bits per heavy atom. The van der Waals surface area contributed by atoms with Crippen LogP contribution in [-0.4, -0.2) is 12.6 Å². The lowest BCUT2D eigenvalue weighted by Crippen LogP contribution is -2.54. The van der Waals surface area contributed by atoms with Crippen LogP contribution < -0.4 is 0 Å². The van der Waals surface area contributed by atoms with Crippen LogP contribution in [0.3, 0.4) is 0 Å². The predicted molar refractivity (Wildman–Crippen MR) is 124 cm³/mol. The fraction of sp³-hybridized carbons (Fsp3) is 0.964. The summed E-state index contributed by atoms with van der Waals surface area (Å²) in [5.41, 5.74) is 1.09. The molecule has 0 N–H and O–H groups in total. The van der Waals surface area contributed by atoms with E-state index in [0.29, 0.717) is 17.3 Å². The fourth-order valence-electron chi connectivity index (χ4n) is 9.45. The lowest BCUT2D eigenvalue weighted by molar-refractivity contribution is -0.151. The highest BCUT2D eigenvalue weighted by Gasteiger charge is 2.60. The van der Waals surface area contributed by atoms with Gasteiger partial charge < -0.3 is 4.74 Å². The molecule has 0 spiro atoms. The Morgan fingerprint density at radius 2 is 1.63 bits per heavy atom. The Labute approximate surface area is 186 Å². The van der Waals surface area contributed by atoms with Crippen molar-refractivity contribution in [1.29, 1.82) is 0 Å². The third kappa shape index (κ3) is 3.88. The molecule has 4 aliphatic rings. The molecule has 30 heavy (non-hydrogen) atoms. The minimum absolute atomic E-state index is 0.188. The first-order valence-electron chi connectivity index (χ1n) is 13.4. The Balaban J connectivity index is 1.44. The molecule has 0 aromatic heterocycles. The van der Waals surface area contributed by atoms with Gasteiger partial charge in [-0.3, -0.25) is 4.79 Å². The highest BCUT2D eigenvalue weighted by molar-refractivity contribution is 5.37. The Kier molecular flexibility index (Phi) is 6.63. The number of rotatable bonds is 7. The smallest absolute Gasteiger partial charge is 0.293 e. The van der Waals surface area contributed by atoms with E-state index in [0.717, 1.165) is 54.3 Å². The predicted octanol–water partition coefficient (Wildman–Crippen LogP) is 7.65. The van der Waals surface area contributed by atoms with E-state index >= 15 is 0 Å². The summed E-state index contributed by atoms with van der Waals surface area (Å²) in [5, 5.41) is 0. The summed E-state index contributed by atoms with van der Waals surface area (Å²) in [6, 6.07) is 0. The van der Waals surface area contributed by atoms with Crippen LogP contribution in [0.1, 0.15) is 112 Å². The van der Waals surface area contributed by atoms with E-state index in [4.69, 9.17) is 4.74 Å². The van der Waals surface area contributed by atoms with Crippen molar-refractivity contribution in [3.05, 3.63) is 0 Å². The largest absolute Gasteiger partial charge is 0.465 e. The van der Waals surface area contributed by atoms with E-state index in [-0.39, 0.29) is 6.10 Å². The molecule has 172 valence electrons. The molecule has 0 aromatic carbocycles. The molecule has 0 bridgehead atoms. The van der Waals surface area contributed by atoms with E-state index < -0.39 is 0 Å². The number of carbonyl (C=O) groups is 1. The van der Waals surface area contributed by atoms with Crippen molar-refractivity contribution in [1.82, 2.24) is 0 Å². The van der Waals surface area contributed by atoms with Crippen molar-refractivity contribution < 1.29 is 9.53 Å². The molecule has 4 saturated carbocycles. The van der Waals surface area contributed by atoms with Crippen LogP contribution in [0.5, 0.6) is 0 Å². The van der Waals surface area contributed by atoms with Gasteiger partial charge in [-0.05, 0) is 110 Å². The summed E-state index contributed by atoms with van der Waals surface area (Å²) < 4.78 is 5.40. The molecule has 2 heteroatoms. The van der Waals surface area contributed by atoms with Gasteiger partial charge in [0.1, 0.15) is 6.10 Å². The van der Waals surface area contributed by atoms with Crippen molar-refractivity contribution >= 4 is 6.47 Å². The van der Waals surface area contributed by atoms with Crippen molar-refractivity contribution in [3.8, 4) is 0 Å². The van der Waals surface area contributed by atoms with Gasteiger partial charge in [0, 0.05) is 0 Å². The molecule has 0 aliphatic heterocycles. The van der Waals surface area contributed by atoms with Crippen molar-refractivity contribution in [2.24, 2.45) is 52.3 Å². The maximum Gasteiger partial charge on any atom is 0.293 e. The Hall–Kier alpha value is -0.530. The van der Waals surface area contributed by atoms with Crippen molar-refractivity contribution in [3.63, 3.8) is 0 Å². The summed E-state index contributed by atoms with van der Waals surface area (Å²) in [5.74, 6) is 6.32. The van der Waals surface area contributed by atoms with E-state index in [9.17, 15) is 4.79 Å². The lowest BCUT2D eigenvalue weighted by Gasteiger charge is -2.61. The van der Waals surface area contributed by atoms with Gasteiger partial charge in [0.05, 0.1) is 0 Å². The molecule has 4 fully saturated rings. The number of hydrogen-bond donors (Lipinski definition) is 0. The molecule has 9 atom stereocenters. The first-order chi connectivity index (χ1) is 14.3. The van der Waals surface area contributed by atoms with Gasteiger partial charge in [0.15, 0.2) is 0 Å². The third-order valence-electron chi connectivity index (χ3n) is 11.1. The zero-order chi connectivity index (χ0) is 21.5. The zero-order valence-electron chi connectivity index (χ0n) is 20.5. The van der Waals surface area contributed by atoms with Crippen LogP contribution in [0.2, 0.25) is 0 Å². The van der Waals surface area contributed by atoms with Gasteiger partial charge in [-0.25, -0.2) is 0 Å². The molecule has 2 nitrogen and oxygen atoms in total. The molecule has 0 heterocycles. The summed E-state index contributed by atoms with van der Waals surface area (Å²) in [4.78, 5) is 10.9. The Bertz CT molecular complexity index is 599. The molecule has 0 radical (unpaired) electrons. The normalized spacial score (nSPS) is 46.6. The summed E-state index contributed by atoms with van der Waals surface area (Å²) in [6.45, 7) is 13.3. The maximum atomic E-state index is 10.9. The van der Waals surface area contributed by atoms with E-state index in [1.165, 1.54) is 64.2 Å². The van der Waals surface area contributed by atoms with Gasteiger partial charge in [-0.2, -0.15) is 0 Å². The molecule has 2 unspecified atom stereocenters. The minimum atomic E-state index is 0.188. The first kappa shape index (κ1) is 22.7. The van der Waals surface area contributed by atoms with Crippen molar-refractivity contribution in [2.75, 3.05) is 0 Å². The molecular formula is C28H48O2. The monoisotopic (exact) mass is 416 g/mol. The first-order valence-corrected chi connectivity index (χ1v) is 13.4. The molecule has 4 rings (SSSR count). The lowest BCUT2D eigenvalue weighted by atomic mass is 9.44. The van der Waals surface area contributed by atoms with Gasteiger partial charge in [0.25, 0.3) is 6.47 Å². The van der Waals surface area contributed by atoms with Crippen LogP contribution in [0.15, 0.2) is 0 Å². The SMILES string of the molecule is CC(C)CCC[C@@H](C)[C@H]1CC[C@H]2[C@@H]3CCC4CC(OC=O)CC[C@]4(C)[C@H]3CC[C@]12C. The quantitative estimate of drug-likeness (QED) is 0.398. The molecule has 4 aliphatic carbocycles. The third-order valence-corrected chi connectivity index (χ3v) is 11.1. The van der Waals surface area contributed by atoms with Crippen LogP contribution in [0, 0.1) is 52.3 Å². The van der Waals surface area contributed by atoms with Crippen LogP contribution in [-0.2, 0) is 9.53 Å². The highest BCUT2D eigenvalue weighted by atomic mass is 16.5. The fourth-order valence-corrected chi connectivity index (χ4v) is 9.45. The van der Waals surface area contributed by atoms with Gasteiger partial charge in [0.2, 0.25) is 0 Å². The summed E-state index contributed by atoms with van der Waals surface area (Å²) >= 11 is 0. The van der Waals surface area contributed by atoms with Gasteiger partial charge >= 0.3 is 0 Å². The standard InChI is InChI=1S/C28H48O2/c1-19(2)7-6-8-20(3)24-11-12-25-23-10-9-21-17-22(30-18-29)13-15-27(21,4)26(23)14-16-28(24,25)5/h18-26H,6-17H2,1-5H3/t20-,21?,22?,23+,24-,25+,26+,27+,28-/m1/s1. The van der Waals surface area contributed by atoms with Crippen LogP contribution in [0.4, 0.5) is 0 Å². The average Bonchev–Trinajstić information content (AvgIpc) is 3.05. The minimum Gasteiger partial charge on any atom is -0.465 e. The van der Waals surface area contributed by atoms with Crippen LogP contribution in [0.25, 0.3) is 0 Å². The summed E-state index contributed by atoms with van der Waals surface area (Å²) in [6.07, 6.45) is 16.7. The average molecular weight is 417 g/mol. The second-order valence-corrected chi connectivity index (χ2v) is 12.8. The molecule has 0 aromatic rings. The summed E-state index contributed by atoms with van der Waals surface area (Å²) in [7, 11) is 0. The Morgan fingerprint density at radius 1 is 0.900 bits per heavy atom. The maximum absolute atomic E-state index is 10.9. The highest BCUT2D eigenvalue weighted by Crippen LogP contribution is 2.68. The molecule has 0 saturated heterocycles. The number of fused-ring (bicyclic) bond motifs is 5. The van der Waals surface area contributed by atoms with E-state index in [1.807, 2.05) is 0 Å². The van der Waals surface area contributed by atoms with Gasteiger partial charge in [-0.1, -0.05) is 53.9 Å². The van der Waals surface area contributed by atoms with Crippen LogP contribution >= 0.6 is 0 Å². The zero-order valence-corrected chi connectivity index (χ0v) is 20.5. The number of hydrogen-bond acceptors (Lipinski definition) is 2. The van der Waals surface area contributed by atoms with Gasteiger partial charge in [-0.15, -0.1) is 0 Å².